The molecule has 1 saturated carbocycles. The van der Waals surface area contributed by atoms with E-state index >= 15 is 0 Å². The average Bonchev–Trinajstić information content (AvgIpc) is 3.72. The summed E-state index contributed by atoms with van der Waals surface area (Å²) in [5.41, 5.74) is 11.9. The molecule has 12 nitrogen and oxygen atoms in total. The fourth-order valence-electron chi connectivity index (χ4n) is 4.96. The number of nitrogen functional groups attached to an aromatic ring is 1. The second-order valence-corrected chi connectivity index (χ2v) is 10.1. The molecular formula is C27H29N5O7S. The Morgan fingerprint density at radius 2 is 1.82 bits per heavy atom. The van der Waals surface area contributed by atoms with Crippen molar-refractivity contribution in [3.63, 3.8) is 0 Å². The molecule has 1 aromatic heterocycles. The zero-order chi connectivity index (χ0) is 28.4. The van der Waals surface area contributed by atoms with E-state index in [1.165, 1.54) is 19.1 Å². The molecule has 3 aromatic rings. The number of nitrogens with two attached hydrogens (primary N) is 2. The van der Waals surface area contributed by atoms with Crippen LogP contribution in [0.1, 0.15) is 57.4 Å². The van der Waals surface area contributed by atoms with E-state index in [0.717, 1.165) is 37.2 Å². The van der Waals surface area contributed by atoms with Crippen molar-refractivity contribution in [2.75, 3.05) is 31.6 Å². The summed E-state index contributed by atoms with van der Waals surface area (Å²) >= 11 is 0.725. The van der Waals surface area contributed by atoms with Gasteiger partial charge in [0.15, 0.2) is 17.2 Å². The van der Waals surface area contributed by atoms with Crippen molar-refractivity contribution in [2.24, 2.45) is 5.73 Å². The molecular weight excluding hydrogens is 538 g/mol. The van der Waals surface area contributed by atoms with E-state index < -0.39 is 23.8 Å². The molecule has 1 aliphatic heterocycles. The van der Waals surface area contributed by atoms with Crippen LogP contribution in [-0.4, -0.2) is 49.1 Å². The van der Waals surface area contributed by atoms with Gasteiger partial charge >= 0.3 is 0 Å². The van der Waals surface area contributed by atoms with Crippen LogP contribution in [0.5, 0.6) is 23.0 Å². The van der Waals surface area contributed by atoms with E-state index in [1.54, 1.807) is 36.4 Å². The highest BCUT2D eigenvalue weighted by Gasteiger charge is 2.39. The van der Waals surface area contributed by atoms with Crippen LogP contribution in [0.3, 0.4) is 0 Å². The molecule has 0 radical (unpaired) electrons. The number of benzene rings is 2. The molecule has 0 spiro atoms. The van der Waals surface area contributed by atoms with Gasteiger partial charge in [-0.25, -0.2) is 0 Å². The number of hydrogen-bond acceptors (Lipinski definition) is 10. The minimum atomic E-state index is -1.24. The Bertz CT molecular complexity index is 1450. The van der Waals surface area contributed by atoms with Gasteiger partial charge in [-0.3, -0.25) is 19.3 Å². The summed E-state index contributed by atoms with van der Waals surface area (Å²) < 4.78 is 26.1. The highest BCUT2D eigenvalue weighted by atomic mass is 32.1. The van der Waals surface area contributed by atoms with Crippen LogP contribution in [0.4, 0.5) is 11.4 Å². The number of carbonyl (C=O) groups is 3. The third-order valence-corrected chi connectivity index (χ3v) is 7.80. The van der Waals surface area contributed by atoms with Crippen LogP contribution in [0.2, 0.25) is 0 Å². The molecule has 2 aliphatic rings. The van der Waals surface area contributed by atoms with E-state index in [9.17, 15) is 14.4 Å². The molecule has 1 aliphatic carbocycles. The third-order valence-electron chi connectivity index (χ3n) is 6.95. The number of primary amides is 1. The Balaban J connectivity index is 1.71. The lowest BCUT2D eigenvalue weighted by Crippen LogP contribution is -2.46. The molecule has 5 N–H and O–H groups in total. The topological polar surface area (TPSA) is 168 Å². The van der Waals surface area contributed by atoms with Gasteiger partial charge in [-0.15, -0.1) is 0 Å². The minimum absolute atomic E-state index is 0.0196. The fraction of sp³-hybridized carbons (Fsp3) is 0.333. The Kier molecular flexibility index (Phi) is 7.65. The van der Waals surface area contributed by atoms with Gasteiger partial charge in [0, 0.05) is 23.4 Å². The summed E-state index contributed by atoms with van der Waals surface area (Å²) in [5.74, 6) is -0.247. The van der Waals surface area contributed by atoms with E-state index in [-0.39, 0.29) is 29.1 Å². The molecule has 0 bridgehead atoms. The highest BCUT2D eigenvalue weighted by Crippen LogP contribution is 2.42. The number of amides is 3. The molecule has 2 aromatic carbocycles. The lowest BCUT2D eigenvalue weighted by Gasteiger charge is -2.33. The molecule has 1 fully saturated rings. The van der Waals surface area contributed by atoms with Gasteiger partial charge in [0.25, 0.3) is 11.8 Å². The predicted molar refractivity (Wildman–Crippen MR) is 147 cm³/mol. The Morgan fingerprint density at radius 3 is 2.50 bits per heavy atom. The van der Waals surface area contributed by atoms with Crippen LogP contribution in [-0.2, 0) is 4.79 Å². The SMILES string of the molecule is COc1ccc(OC)c([C@@H](C(=O)NC2CCCC2)N(C(=O)c2snc(C(N)=O)c2N)c2ccc3c(c2)OCO3)c1. The normalized spacial score (nSPS) is 14.9. The second kappa shape index (κ2) is 11.3. The first-order valence-electron chi connectivity index (χ1n) is 12.6. The Morgan fingerprint density at radius 1 is 1.07 bits per heavy atom. The molecule has 1 atom stereocenters. The predicted octanol–water partition coefficient (Wildman–Crippen LogP) is 3.02. The van der Waals surface area contributed by atoms with Crippen LogP contribution in [0.25, 0.3) is 0 Å². The second-order valence-electron chi connectivity index (χ2n) is 9.35. The Labute approximate surface area is 234 Å². The lowest BCUT2D eigenvalue weighted by molar-refractivity contribution is -0.123. The number of carbonyl (C=O) groups excluding carboxylic acids is 3. The van der Waals surface area contributed by atoms with Crippen molar-refractivity contribution in [1.82, 2.24) is 9.69 Å². The number of nitrogens with zero attached hydrogens (tertiary/aromatic N) is 2. The van der Waals surface area contributed by atoms with Crippen LogP contribution in [0, 0.1) is 0 Å². The van der Waals surface area contributed by atoms with E-state index in [0.29, 0.717) is 34.2 Å². The van der Waals surface area contributed by atoms with Gasteiger partial charge in [0.1, 0.15) is 22.4 Å². The first kappa shape index (κ1) is 27.1. The van der Waals surface area contributed by atoms with Crippen LogP contribution < -0.4 is 40.6 Å². The van der Waals surface area contributed by atoms with Crippen molar-refractivity contribution in [1.29, 1.82) is 0 Å². The highest BCUT2D eigenvalue weighted by molar-refractivity contribution is 7.09. The first-order valence-corrected chi connectivity index (χ1v) is 13.4. The van der Waals surface area contributed by atoms with Crippen LogP contribution >= 0.6 is 11.5 Å². The smallest absolute Gasteiger partial charge is 0.273 e. The van der Waals surface area contributed by atoms with Crippen molar-refractivity contribution in [3.05, 3.63) is 52.5 Å². The summed E-state index contributed by atoms with van der Waals surface area (Å²) in [6.07, 6.45) is 3.65. The molecule has 0 saturated heterocycles. The number of nitrogens with one attached hydrogen (secondary N) is 1. The molecule has 3 amide bonds. The number of hydrogen-bond donors (Lipinski definition) is 3. The van der Waals surface area contributed by atoms with Gasteiger partial charge in [0.2, 0.25) is 12.7 Å². The largest absolute Gasteiger partial charge is 0.497 e. The zero-order valence-corrected chi connectivity index (χ0v) is 22.8. The molecule has 2 heterocycles. The maximum atomic E-state index is 14.4. The average molecular weight is 568 g/mol. The first-order chi connectivity index (χ1) is 19.3. The fourth-order valence-corrected chi connectivity index (χ4v) is 5.70. The van der Waals surface area contributed by atoms with Crippen molar-refractivity contribution in [2.45, 2.75) is 37.8 Å². The number of anilines is 2. The minimum Gasteiger partial charge on any atom is -0.497 e. The molecule has 40 heavy (non-hydrogen) atoms. The van der Waals surface area contributed by atoms with Crippen molar-refractivity contribution in [3.8, 4) is 23.0 Å². The van der Waals surface area contributed by atoms with Crippen molar-refractivity contribution < 1.29 is 33.3 Å². The standard InChI is InChI=1S/C27H29N5O7S/c1-36-16-8-10-18(37-2)17(12-16)23(26(34)30-14-5-3-4-6-14)32(15-7-9-19-20(11-15)39-13-38-19)27(35)24-21(28)22(25(29)33)31-40-24/h7-12,14,23H,3-6,13,28H2,1-2H3,(H2,29,33)(H,30,34)/t23-/m0/s1. The van der Waals surface area contributed by atoms with Gasteiger partial charge in [0.05, 0.1) is 19.9 Å². The Hall–Kier alpha value is -4.52. The summed E-state index contributed by atoms with van der Waals surface area (Å²) in [6, 6.07) is 8.62. The molecule has 5 rings (SSSR count). The molecule has 0 unspecified atom stereocenters. The number of ether oxygens (including phenoxy) is 4. The maximum absolute atomic E-state index is 14.4. The number of aromatic nitrogens is 1. The summed E-state index contributed by atoms with van der Waals surface area (Å²) in [6.45, 7) is 0.0196. The molecule has 13 heteroatoms. The number of fused-ring (bicyclic) bond motifs is 1. The summed E-state index contributed by atoms with van der Waals surface area (Å²) in [4.78, 5) is 41.6. The van der Waals surface area contributed by atoms with Crippen molar-refractivity contribution >= 4 is 40.6 Å². The van der Waals surface area contributed by atoms with Gasteiger partial charge in [-0.05, 0) is 54.7 Å². The van der Waals surface area contributed by atoms with E-state index in [1.807, 2.05) is 0 Å². The van der Waals surface area contributed by atoms with Gasteiger partial charge in [-0.2, -0.15) is 4.37 Å². The van der Waals surface area contributed by atoms with E-state index in [4.69, 9.17) is 30.4 Å². The molecule has 210 valence electrons. The lowest BCUT2D eigenvalue weighted by atomic mass is 10.00. The zero-order valence-electron chi connectivity index (χ0n) is 22.0. The third kappa shape index (κ3) is 5.07. The van der Waals surface area contributed by atoms with Gasteiger partial charge < -0.3 is 35.7 Å². The van der Waals surface area contributed by atoms with E-state index in [2.05, 4.69) is 9.69 Å². The summed E-state index contributed by atoms with van der Waals surface area (Å²) in [7, 11) is 2.98. The van der Waals surface area contributed by atoms with Crippen LogP contribution in [0.15, 0.2) is 36.4 Å². The maximum Gasteiger partial charge on any atom is 0.273 e. The monoisotopic (exact) mass is 567 g/mol. The summed E-state index contributed by atoms with van der Waals surface area (Å²) in [5, 5.41) is 3.11. The quantitative estimate of drug-likeness (QED) is 0.352. The number of rotatable bonds is 9. The van der Waals surface area contributed by atoms with Gasteiger partial charge in [-0.1, -0.05) is 12.8 Å². The number of methoxy groups -OCH3 is 2.